The van der Waals surface area contributed by atoms with Gasteiger partial charge in [0.05, 0.1) is 0 Å². The minimum atomic E-state index is 0.800. The second-order valence-corrected chi connectivity index (χ2v) is 4.11. The van der Waals surface area contributed by atoms with Crippen molar-refractivity contribution in [2.24, 2.45) is 0 Å². The molecule has 0 saturated carbocycles. The molecule has 0 spiro atoms. The summed E-state index contributed by atoms with van der Waals surface area (Å²) in [6.45, 7) is 2.37. The predicted octanol–water partition coefficient (Wildman–Crippen LogP) is 1.32. The standard InChI is InChI=1S/C7H15BrN2/c1-9(2)7-3-5-10(8)6-4-7/h7H,3-6H2,1-2H3. The van der Waals surface area contributed by atoms with Crippen LogP contribution >= 0.6 is 16.1 Å². The van der Waals surface area contributed by atoms with E-state index in [1.54, 1.807) is 0 Å². The molecular formula is C7H15BrN2. The summed E-state index contributed by atoms with van der Waals surface area (Å²) in [5.41, 5.74) is 0. The van der Waals surface area contributed by atoms with Gasteiger partial charge in [0.25, 0.3) is 0 Å². The third-order valence-electron chi connectivity index (χ3n) is 2.14. The van der Waals surface area contributed by atoms with E-state index in [1.165, 1.54) is 25.9 Å². The summed E-state index contributed by atoms with van der Waals surface area (Å²) in [4.78, 5) is 2.32. The summed E-state index contributed by atoms with van der Waals surface area (Å²) in [5.74, 6) is 0. The monoisotopic (exact) mass is 206 g/mol. The summed E-state index contributed by atoms with van der Waals surface area (Å²) >= 11 is 3.48. The third-order valence-corrected chi connectivity index (χ3v) is 2.85. The fourth-order valence-corrected chi connectivity index (χ4v) is 1.76. The van der Waals surface area contributed by atoms with Gasteiger partial charge in [0, 0.05) is 35.3 Å². The Kier molecular flexibility index (Phi) is 3.14. The maximum atomic E-state index is 3.48. The summed E-state index contributed by atoms with van der Waals surface area (Å²) in [5, 5.41) is 0. The highest BCUT2D eigenvalue weighted by atomic mass is 79.9. The molecular weight excluding hydrogens is 192 g/mol. The third kappa shape index (κ3) is 2.22. The molecule has 0 radical (unpaired) electrons. The van der Waals surface area contributed by atoms with E-state index in [2.05, 4.69) is 39.1 Å². The van der Waals surface area contributed by atoms with Gasteiger partial charge in [0.1, 0.15) is 0 Å². The van der Waals surface area contributed by atoms with Crippen molar-refractivity contribution >= 4 is 16.1 Å². The molecule has 1 aliphatic heterocycles. The lowest BCUT2D eigenvalue weighted by molar-refractivity contribution is 0.207. The lowest BCUT2D eigenvalue weighted by Gasteiger charge is -2.31. The maximum Gasteiger partial charge on any atom is 0.0120 e. The van der Waals surface area contributed by atoms with Crippen LogP contribution in [0.4, 0.5) is 0 Å². The Morgan fingerprint density at radius 3 is 2.20 bits per heavy atom. The number of hydrogen-bond acceptors (Lipinski definition) is 2. The normalized spacial score (nSPS) is 24.0. The van der Waals surface area contributed by atoms with Crippen LogP contribution in [0, 0.1) is 0 Å². The minimum Gasteiger partial charge on any atom is -0.306 e. The first kappa shape index (κ1) is 8.50. The maximum absolute atomic E-state index is 3.48. The van der Waals surface area contributed by atoms with E-state index in [0.717, 1.165) is 6.04 Å². The average molecular weight is 207 g/mol. The lowest BCUT2D eigenvalue weighted by Crippen LogP contribution is -2.38. The van der Waals surface area contributed by atoms with Crippen LogP contribution in [0.3, 0.4) is 0 Å². The van der Waals surface area contributed by atoms with E-state index in [1.807, 2.05) is 0 Å². The molecule has 0 N–H and O–H groups in total. The molecule has 0 aromatic heterocycles. The van der Waals surface area contributed by atoms with E-state index < -0.39 is 0 Å². The molecule has 1 heterocycles. The van der Waals surface area contributed by atoms with Gasteiger partial charge in [-0.1, -0.05) is 0 Å². The van der Waals surface area contributed by atoms with Crippen LogP contribution in [-0.2, 0) is 0 Å². The zero-order chi connectivity index (χ0) is 7.56. The lowest BCUT2D eigenvalue weighted by atomic mass is 10.1. The summed E-state index contributed by atoms with van der Waals surface area (Å²) in [6, 6.07) is 0.800. The number of hydrogen-bond donors (Lipinski definition) is 0. The van der Waals surface area contributed by atoms with E-state index in [4.69, 9.17) is 0 Å². The molecule has 1 saturated heterocycles. The molecule has 60 valence electrons. The number of halogens is 1. The van der Waals surface area contributed by atoms with Crippen molar-refractivity contribution < 1.29 is 0 Å². The van der Waals surface area contributed by atoms with Crippen LogP contribution in [-0.4, -0.2) is 42.1 Å². The zero-order valence-corrected chi connectivity index (χ0v) is 8.26. The predicted molar refractivity (Wildman–Crippen MR) is 47.2 cm³/mol. The number of piperidine rings is 1. The van der Waals surface area contributed by atoms with Gasteiger partial charge in [0.15, 0.2) is 0 Å². The molecule has 0 unspecified atom stereocenters. The second kappa shape index (κ2) is 3.69. The fraction of sp³-hybridized carbons (Fsp3) is 1.00. The molecule has 0 bridgehead atoms. The highest BCUT2D eigenvalue weighted by Crippen LogP contribution is 2.15. The molecule has 0 aromatic carbocycles. The Morgan fingerprint density at radius 1 is 1.30 bits per heavy atom. The van der Waals surface area contributed by atoms with E-state index >= 15 is 0 Å². The Labute approximate surface area is 71.5 Å². The second-order valence-electron chi connectivity index (χ2n) is 3.10. The van der Waals surface area contributed by atoms with Crippen molar-refractivity contribution in [2.75, 3.05) is 27.2 Å². The van der Waals surface area contributed by atoms with Gasteiger partial charge in [-0.3, -0.25) is 0 Å². The van der Waals surface area contributed by atoms with Gasteiger partial charge >= 0.3 is 0 Å². The summed E-state index contributed by atoms with van der Waals surface area (Å²) in [7, 11) is 4.32. The van der Waals surface area contributed by atoms with Gasteiger partial charge in [-0.15, -0.1) is 0 Å². The van der Waals surface area contributed by atoms with E-state index in [9.17, 15) is 0 Å². The Bertz CT molecular complexity index is 97.8. The largest absolute Gasteiger partial charge is 0.306 e. The molecule has 0 amide bonds. The topological polar surface area (TPSA) is 6.48 Å². The summed E-state index contributed by atoms with van der Waals surface area (Å²) in [6.07, 6.45) is 2.58. The smallest absolute Gasteiger partial charge is 0.0120 e. The minimum absolute atomic E-state index is 0.800. The van der Waals surface area contributed by atoms with Crippen LogP contribution in [0.25, 0.3) is 0 Å². The first-order chi connectivity index (χ1) is 4.70. The van der Waals surface area contributed by atoms with Gasteiger partial charge in [-0.2, -0.15) is 0 Å². The van der Waals surface area contributed by atoms with Crippen LogP contribution in [0.1, 0.15) is 12.8 Å². The molecule has 0 atom stereocenters. The Balaban J connectivity index is 2.26. The summed E-state index contributed by atoms with van der Waals surface area (Å²) < 4.78 is 2.22. The van der Waals surface area contributed by atoms with Crippen LogP contribution in [0.5, 0.6) is 0 Å². The van der Waals surface area contributed by atoms with E-state index in [-0.39, 0.29) is 0 Å². The molecule has 10 heavy (non-hydrogen) atoms. The van der Waals surface area contributed by atoms with Crippen molar-refractivity contribution in [2.45, 2.75) is 18.9 Å². The number of nitrogens with zero attached hydrogens (tertiary/aromatic N) is 2. The van der Waals surface area contributed by atoms with Gasteiger partial charge in [0.2, 0.25) is 0 Å². The van der Waals surface area contributed by atoms with Crippen molar-refractivity contribution in [3.63, 3.8) is 0 Å². The highest BCUT2D eigenvalue weighted by molar-refractivity contribution is 9.07. The molecule has 0 aliphatic carbocycles. The van der Waals surface area contributed by atoms with Gasteiger partial charge < -0.3 is 4.90 Å². The van der Waals surface area contributed by atoms with Crippen molar-refractivity contribution in [3.8, 4) is 0 Å². The highest BCUT2D eigenvalue weighted by Gasteiger charge is 2.18. The van der Waals surface area contributed by atoms with Gasteiger partial charge in [-0.05, 0) is 26.9 Å². The van der Waals surface area contributed by atoms with Crippen molar-refractivity contribution in [3.05, 3.63) is 0 Å². The fourth-order valence-electron chi connectivity index (χ4n) is 1.35. The van der Waals surface area contributed by atoms with Crippen LogP contribution in [0.15, 0.2) is 0 Å². The quantitative estimate of drug-likeness (QED) is 0.598. The SMILES string of the molecule is CN(C)C1CCN(Br)CC1. The van der Waals surface area contributed by atoms with Crippen LogP contribution < -0.4 is 0 Å². The molecule has 3 heteroatoms. The molecule has 1 rings (SSSR count). The molecule has 2 nitrogen and oxygen atoms in total. The van der Waals surface area contributed by atoms with E-state index in [0.29, 0.717) is 0 Å². The Hall–Kier alpha value is 0.400. The Morgan fingerprint density at radius 2 is 1.80 bits per heavy atom. The average Bonchev–Trinajstić information content (AvgIpc) is 1.88. The molecule has 0 aromatic rings. The molecule has 1 aliphatic rings. The first-order valence-electron chi connectivity index (χ1n) is 3.77. The van der Waals surface area contributed by atoms with Crippen molar-refractivity contribution in [1.82, 2.24) is 8.83 Å². The molecule has 1 fully saturated rings. The number of rotatable bonds is 1. The van der Waals surface area contributed by atoms with Gasteiger partial charge in [-0.25, -0.2) is 3.93 Å². The zero-order valence-electron chi connectivity index (χ0n) is 6.68. The van der Waals surface area contributed by atoms with Crippen LogP contribution in [0.2, 0.25) is 0 Å². The first-order valence-corrected chi connectivity index (χ1v) is 4.48. The van der Waals surface area contributed by atoms with Crippen molar-refractivity contribution in [1.29, 1.82) is 0 Å².